The van der Waals surface area contributed by atoms with Gasteiger partial charge in [0.15, 0.2) is 0 Å². The molecule has 2 amide bonds. The van der Waals surface area contributed by atoms with Crippen LogP contribution >= 0.6 is 0 Å². The highest BCUT2D eigenvalue weighted by Crippen LogP contribution is 2.36. The molecule has 1 N–H and O–H groups in total. The molecule has 1 saturated heterocycles. The van der Waals surface area contributed by atoms with Gasteiger partial charge < -0.3 is 10.2 Å². The first kappa shape index (κ1) is 23.0. The van der Waals surface area contributed by atoms with Crippen molar-refractivity contribution in [1.82, 2.24) is 10.2 Å². The van der Waals surface area contributed by atoms with Crippen LogP contribution in [0.1, 0.15) is 45.6 Å². The summed E-state index contributed by atoms with van der Waals surface area (Å²) in [6, 6.07) is 14.5. The van der Waals surface area contributed by atoms with Gasteiger partial charge in [-0.05, 0) is 49.3 Å². The van der Waals surface area contributed by atoms with Gasteiger partial charge in [-0.15, -0.1) is 0 Å². The van der Waals surface area contributed by atoms with Gasteiger partial charge in [-0.3, -0.25) is 9.59 Å². The fraction of sp³-hybridized carbons (Fsp3) is 0.462. The number of likely N-dealkylation sites (tertiary alicyclic amines) is 1. The van der Waals surface area contributed by atoms with Crippen molar-refractivity contribution in [2.75, 3.05) is 19.6 Å². The molecular formula is C26H33FN2O2. The number of amides is 2. The first-order chi connectivity index (χ1) is 14.8. The first-order valence-corrected chi connectivity index (χ1v) is 11.2. The van der Waals surface area contributed by atoms with Crippen LogP contribution in [-0.4, -0.2) is 36.3 Å². The summed E-state index contributed by atoms with van der Waals surface area (Å²) in [7, 11) is 0. The van der Waals surface area contributed by atoms with E-state index in [-0.39, 0.29) is 17.6 Å². The van der Waals surface area contributed by atoms with Gasteiger partial charge in [0, 0.05) is 31.6 Å². The minimum atomic E-state index is -0.524. The van der Waals surface area contributed by atoms with E-state index < -0.39 is 5.41 Å². The molecule has 2 aromatic carbocycles. The molecule has 0 atom stereocenters. The molecule has 1 fully saturated rings. The Kier molecular flexibility index (Phi) is 7.47. The lowest BCUT2D eigenvalue weighted by molar-refractivity contribution is -0.141. The third-order valence-electron chi connectivity index (χ3n) is 6.16. The van der Waals surface area contributed by atoms with E-state index in [0.29, 0.717) is 56.8 Å². The van der Waals surface area contributed by atoms with Crippen LogP contribution in [-0.2, 0) is 16.0 Å². The maximum atomic E-state index is 14.1. The number of hydrogen-bond donors (Lipinski definition) is 1. The predicted octanol–water partition coefficient (Wildman–Crippen LogP) is 4.83. The minimum absolute atomic E-state index is 0.0594. The van der Waals surface area contributed by atoms with Crippen LogP contribution in [0.2, 0.25) is 0 Å². The molecular weight excluding hydrogens is 391 g/mol. The molecule has 0 radical (unpaired) electrons. The van der Waals surface area contributed by atoms with Gasteiger partial charge in [-0.1, -0.05) is 56.3 Å². The zero-order valence-electron chi connectivity index (χ0n) is 18.8. The quantitative estimate of drug-likeness (QED) is 0.692. The smallest absolute Gasteiger partial charge is 0.226 e. The number of carbonyl (C=O) groups is 2. The van der Waals surface area contributed by atoms with Gasteiger partial charge in [-0.25, -0.2) is 4.39 Å². The van der Waals surface area contributed by atoms with Crippen molar-refractivity contribution in [2.24, 2.45) is 11.3 Å². The van der Waals surface area contributed by atoms with Crippen LogP contribution in [0.4, 0.5) is 4.39 Å². The van der Waals surface area contributed by atoms with Crippen LogP contribution in [0.15, 0.2) is 48.5 Å². The molecule has 166 valence electrons. The maximum Gasteiger partial charge on any atom is 0.226 e. The van der Waals surface area contributed by atoms with Gasteiger partial charge in [0.1, 0.15) is 5.82 Å². The monoisotopic (exact) mass is 424 g/mol. The normalized spacial score (nSPS) is 15.7. The van der Waals surface area contributed by atoms with E-state index in [1.54, 1.807) is 12.1 Å². The fourth-order valence-corrected chi connectivity index (χ4v) is 4.38. The number of rotatable bonds is 7. The largest absolute Gasteiger partial charge is 0.356 e. The lowest BCUT2D eigenvalue weighted by Gasteiger charge is -2.41. The summed E-state index contributed by atoms with van der Waals surface area (Å²) in [5.41, 5.74) is 1.92. The molecule has 3 rings (SSSR count). The van der Waals surface area contributed by atoms with E-state index in [0.717, 1.165) is 11.1 Å². The molecule has 5 heteroatoms. The predicted molar refractivity (Wildman–Crippen MR) is 122 cm³/mol. The Balaban J connectivity index is 1.76. The lowest BCUT2D eigenvalue weighted by atomic mass is 9.72. The molecule has 1 heterocycles. The van der Waals surface area contributed by atoms with Crippen LogP contribution in [0.3, 0.4) is 0 Å². The van der Waals surface area contributed by atoms with Crippen LogP contribution in [0.25, 0.3) is 11.1 Å². The second kappa shape index (κ2) is 10.1. The van der Waals surface area contributed by atoms with Gasteiger partial charge in [-0.2, -0.15) is 0 Å². The van der Waals surface area contributed by atoms with Gasteiger partial charge in [0.05, 0.1) is 5.41 Å². The fourth-order valence-electron chi connectivity index (χ4n) is 4.38. The van der Waals surface area contributed by atoms with E-state index >= 15 is 0 Å². The third-order valence-corrected chi connectivity index (χ3v) is 6.16. The van der Waals surface area contributed by atoms with Crippen molar-refractivity contribution in [3.05, 3.63) is 59.9 Å². The molecule has 2 aromatic rings. The highest BCUT2D eigenvalue weighted by Gasteiger charge is 2.42. The number of nitrogens with zero attached hydrogens (tertiary/aromatic N) is 1. The maximum absolute atomic E-state index is 14.1. The summed E-state index contributed by atoms with van der Waals surface area (Å²) < 4.78 is 14.1. The van der Waals surface area contributed by atoms with Crippen molar-refractivity contribution >= 4 is 11.8 Å². The average molecular weight is 425 g/mol. The van der Waals surface area contributed by atoms with Crippen molar-refractivity contribution in [3.8, 4) is 11.1 Å². The van der Waals surface area contributed by atoms with Gasteiger partial charge >= 0.3 is 0 Å². The molecule has 1 aliphatic rings. The Morgan fingerprint density at radius 1 is 1.06 bits per heavy atom. The summed E-state index contributed by atoms with van der Waals surface area (Å²) in [5.74, 6) is 0.320. The second-order valence-corrected chi connectivity index (χ2v) is 8.97. The molecule has 0 unspecified atom stereocenters. The SMILES string of the molecule is CCNC(=O)C1(Cc2ccc(-c3ccccc3F)cc2)CCN(C(=O)CC(C)C)CC1. The number of halogens is 1. The molecule has 31 heavy (non-hydrogen) atoms. The zero-order valence-corrected chi connectivity index (χ0v) is 18.8. The highest BCUT2D eigenvalue weighted by atomic mass is 19.1. The Morgan fingerprint density at radius 2 is 1.71 bits per heavy atom. The summed E-state index contributed by atoms with van der Waals surface area (Å²) in [6.07, 6.45) is 2.46. The number of carbonyl (C=O) groups excluding carboxylic acids is 2. The summed E-state index contributed by atoms with van der Waals surface area (Å²) in [5, 5.41) is 3.01. The average Bonchev–Trinajstić information content (AvgIpc) is 2.75. The Bertz CT molecular complexity index is 900. The Hall–Kier alpha value is -2.69. The summed E-state index contributed by atoms with van der Waals surface area (Å²) >= 11 is 0. The molecule has 4 nitrogen and oxygen atoms in total. The van der Waals surface area contributed by atoms with Crippen molar-refractivity contribution in [3.63, 3.8) is 0 Å². The van der Waals surface area contributed by atoms with Crippen LogP contribution in [0.5, 0.6) is 0 Å². The summed E-state index contributed by atoms with van der Waals surface area (Å²) in [4.78, 5) is 27.4. The van der Waals surface area contributed by atoms with E-state index in [2.05, 4.69) is 5.32 Å². The van der Waals surface area contributed by atoms with E-state index in [1.807, 2.05) is 56.0 Å². The number of piperidine rings is 1. The van der Waals surface area contributed by atoms with Gasteiger partial charge in [0.2, 0.25) is 11.8 Å². The summed E-state index contributed by atoms with van der Waals surface area (Å²) in [6.45, 7) is 7.82. The number of hydrogen-bond acceptors (Lipinski definition) is 2. The molecule has 0 saturated carbocycles. The molecule has 0 spiro atoms. The van der Waals surface area contributed by atoms with Gasteiger partial charge in [0.25, 0.3) is 0 Å². The number of benzene rings is 2. The van der Waals surface area contributed by atoms with E-state index in [1.165, 1.54) is 6.07 Å². The highest BCUT2D eigenvalue weighted by molar-refractivity contribution is 5.84. The second-order valence-electron chi connectivity index (χ2n) is 8.97. The Morgan fingerprint density at radius 3 is 2.29 bits per heavy atom. The molecule has 0 aromatic heterocycles. The molecule has 0 bridgehead atoms. The zero-order chi connectivity index (χ0) is 22.4. The van der Waals surface area contributed by atoms with Crippen molar-refractivity contribution in [2.45, 2.75) is 46.5 Å². The van der Waals surface area contributed by atoms with E-state index in [4.69, 9.17) is 0 Å². The van der Waals surface area contributed by atoms with Crippen LogP contribution < -0.4 is 5.32 Å². The van der Waals surface area contributed by atoms with Crippen molar-refractivity contribution < 1.29 is 14.0 Å². The molecule has 1 aliphatic heterocycles. The molecule has 0 aliphatic carbocycles. The third kappa shape index (κ3) is 5.52. The Labute approximate surface area is 184 Å². The minimum Gasteiger partial charge on any atom is -0.356 e. The first-order valence-electron chi connectivity index (χ1n) is 11.2. The van der Waals surface area contributed by atoms with Crippen LogP contribution in [0, 0.1) is 17.2 Å². The standard InChI is InChI=1S/C26H33FN2O2/c1-4-28-25(31)26(13-15-29(16-14-26)24(30)17-19(2)3)18-20-9-11-21(12-10-20)22-7-5-6-8-23(22)27/h5-12,19H,4,13-18H2,1-3H3,(H,28,31). The topological polar surface area (TPSA) is 49.4 Å². The lowest BCUT2D eigenvalue weighted by Crippen LogP contribution is -2.51. The van der Waals surface area contributed by atoms with E-state index in [9.17, 15) is 14.0 Å². The van der Waals surface area contributed by atoms with Crippen molar-refractivity contribution in [1.29, 1.82) is 0 Å². The number of nitrogens with one attached hydrogen (secondary N) is 1.